The van der Waals surface area contributed by atoms with E-state index in [2.05, 4.69) is 22.1 Å². The van der Waals surface area contributed by atoms with Gasteiger partial charge in [0.25, 0.3) is 5.91 Å². The number of Topliss-reactive ketones (excluding diaryl/α,β-unsaturated/α-hetero) is 1. The molecule has 0 bridgehead atoms. The van der Waals surface area contributed by atoms with Gasteiger partial charge in [-0.15, -0.1) is 0 Å². The van der Waals surface area contributed by atoms with Crippen molar-refractivity contribution in [1.82, 2.24) is 15.5 Å². The Morgan fingerprint density at radius 3 is 3.00 bits per heavy atom. The molecule has 1 atom stereocenters. The molecule has 1 aliphatic carbocycles. The summed E-state index contributed by atoms with van der Waals surface area (Å²) in [6, 6.07) is 6.99. The second-order valence-corrected chi connectivity index (χ2v) is 5.08. The smallest absolute Gasteiger partial charge is 0.273 e. The maximum absolute atomic E-state index is 12.2. The summed E-state index contributed by atoms with van der Waals surface area (Å²) in [6.07, 6.45) is 1.75. The molecule has 1 aromatic carbocycles. The molecule has 2 aromatic rings. The predicted octanol–water partition coefficient (Wildman–Crippen LogP) is 1.97. The van der Waals surface area contributed by atoms with Gasteiger partial charge in [-0.1, -0.05) is 30.4 Å². The fourth-order valence-corrected chi connectivity index (χ4v) is 2.48. The zero-order valence-electron chi connectivity index (χ0n) is 11.0. The van der Waals surface area contributed by atoms with Crippen LogP contribution in [-0.2, 0) is 4.79 Å². The monoisotopic (exact) mass is 269 g/mol. The molecule has 0 spiro atoms. The van der Waals surface area contributed by atoms with Crippen LogP contribution in [0.5, 0.6) is 0 Å². The van der Waals surface area contributed by atoms with Crippen LogP contribution in [0.2, 0.25) is 0 Å². The van der Waals surface area contributed by atoms with Crippen molar-refractivity contribution >= 4 is 22.6 Å². The summed E-state index contributed by atoms with van der Waals surface area (Å²) in [5, 5.41) is 10.4. The maximum atomic E-state index is 12.2. The Morgan fingerprint density at radius 2 is 2.20 bits per heavy atom. The third-order valence-electron chi connectivity index (χ3n) is 3.59. The molecular weight excluding hydrogens is 254 g/mol. The number of allylic oxidation sites excluding steroid dienone is 1. The van der Waals surface area contributed by atoms with Gasteiger partial charge in [0.2, 0.25) is 0 Å². The van der Waals surface area contributed by atoms with Crippen molar-refractivity contribution in [2.45, 2.75) is 25.3 Å². The number of para-hydroxylation sites is 1. The number of nitrogens with zero attached hydrogens (tertiary/aromatic N) is 1. The molecule has 1 aliphatic rings. The van der Waals surface area contributed by atoms with Gasteiger partial charge >= 0.3 is 0 Å². The summed E-state index contributed by atoms with van der Waals surface area (Å²) >= 11 is 0. The molecule has 1 fully saturated rings. The second-order valence-electron chi connectivity index (χ2n) is 5.08. The minimum absolute atomic E-state index is 0.0226. The van der Waals surface area contributed by atoms with Gasteiger partial charge in [0, 0.05) is 11.8 Å². The summed E-state index contributed by atoms with van der Waals surface area (Å²) in [5.41, 5.74) is 2.07. The Bertz CT molecular complexity index is 702. The third-order valence-corrected chi connectivity index (χ3v) is 3.59. The van der Waals surface area contributed by atoms with Crippen LogP contribution >= 0.6 is 0 Å². The lowest BCUT2D eigenvalue weighted by Gasteiger charge is -2.22. The molecule has 1 aromatic heterocycles. The number of nitrogens with one attached hydrogen (secondary N) is 2. The summed E-state index contributed by atoms with van der Waals surface area (Å²) in [5.74, 6) is -0.289. The van der Waals surface area contributed by atoms with Crippen LogP contribution in [0.3, 0.4) is 0 Å². The highest BCUT2D eigenvalue weighted by atomic mass is 16.2. The van der Waals surface area contributed by atoms with E-state index in [1.165, 1.54) is 0 Å². The first-order valence-electron chi connectivity index (χ1n) is 6.58. The molecule has 1 heterocycles. The van der Waals surface area contributed by atoms with Crippen LogP contribution in [0.25, 0.3) is 10.9 Å². The van der Waals surface area contributed by atoms with Gasteiger partial charge < -0.3 is 5.32 Å². The number of hydrogen-bond acceptors (Lipinski definition) is 3. The molecular formula is C15H15N3O2. The van der Waals surface area contributed by atoms with Crippen molar-refractivity contribution in [3.05, 3.63) is 42.1 Å². The summed E-state index contributed by atoms with van der Waals surface area (Å²) in [4.78, 5) is 24.1. The van der Waals surface area contributed by atoms with Crippen LogP contribution in [0.4, 0.5) is 0 Å². The summed E-state index contributed by atoms with van der Waals surface area (Å²) < 4.78 is 0. The number of aromatic amines is 1. The molecule has 1 saturated carbocycles. The molecule has 0 radical (unpaired) electrons. The normalized spacial score (nSPS) is 19.3. The number of H-pyrrole nitrogens is 1. The van der Waals surface area contributed by atoms with E-state index in [4.69, 9.17) is 0 Å². The Hall–Kier alpha value is -2.43. The number of benzene rings is 1. The summed E-state index contributed by atoms with van der Waals surface area (Å²) in [6.45, 7) is 3.82. The van der Waals surface area contributed by atoms with Crippen molar-refractivity contribution in [1.29, 1.82) is 0 Å². The van der Waals surface area contributed by atoms with E-state index in [0.717, 1.165) is 22.9 Å². The van der Waals surface area contributed by atoms with Gasteiger partial charge in [-0.3, -0.25) is 14.7 Å². The number of aromatic nitrogens is 2. The molecule has 1 unspecified atom stereocenters. The molecule has 0 aliphatic heterocycles. The van der Waals surface area contributed by atoms with E-state index < -0.39 is 6.04 Å². The summed E-state index contributed by atoms with van der Waals surface area (Å²) in [7, 11) is 0. The molecule has 20 heavy (non-hydrogen) atoms. The largest absolute Gasteiger partial charge is 0.341 e. The number of carbonyl (C=O) groups is 2. The third kappa shape index (κ3) is 2.22. The molecule has 5 heteroatoms. The second kappa shape index (κ2) is 4.92. The molecule has 2 N–H and O–H groups in total. The van der Waals surface area contributed by atoms with Gasteiger partial charge in [0.1, 0.15) is 0 Å². The van der Waals surface area contributed by atoms with E-state index in [0.29, 0.717) is 18.5 Å². The minimum Gasteiger partial charge on any atom is -0.341 e. The number of amides is 1. The minimum atomic E-state index is -0.427. The average molecular weight is 269 g/mol. The molecule has 5 nitrogen and oxygen atoms in total. The highest BCUT2D eigenvalue weighted by molar-refractivity contribution is 6.06. The van der Waals surface area contributed by atoms with E-state index in [1.54, 1.807) is 0 Å². The zero-order valence-corrected chi connectivity index (χ0v) is 11.0. The Labute approximate surface area is 116 Å². The van der Waals surface area contributed by atoms with E-state index in [9.17, 15) is 9.59 Å². The maximum Gasteiger partial charge on any atom is 0.273 e. The fourth-order valence-electron chi connectivity index (χ4n) is 2.48. The van der Waals surface area contributed by atoms with Crippen molar-refractivity contribution in [2.75, 3.05) is 0 Å². The van der Waals surface area contributed by atoms with Crippen molar-refractivity contribution in [3.8, 4) is 0 Å². The van der Waals surface area contributed by atoms with Crippen LogP contribution in [-0.4, -0.2) is 27.9 Å². The van der Waals surface area contributed by atoms with Gasteiger partial charge in [-0.2, -0.15) is 5.10 Å². The number of carbonyl (C=O) groups excluding carboxylic acids is 2. The first kappa shape index (κ1) is 12.6. The van der Waals surface area contributed by atoms with Gasteiger partial charge in [0.05, 0.1) is 11.6 Å². The van der Waals surface area contributed by atoms with Crippen LogP contribution in [0, 0.1) is 0 Å². The highest BCUT2D eigenvalue weighted by Crippen LogP contribution is 2.20. The van der Waals surface area contributed by atoms with E-state index in [-0.39, 0.29) is 11.7 Å². The Morgan fingerprint density at radius 1 is 1.40 bits per heavy atom. The molecule has 0 saturated heterocycles. The van der Waals surface area contributed by atoms with E-state index in [1.807, 2.05) is 24.3 Å². The van der Waals surface area contributed by atoms with Gasteiger partial charge in [-0.05, 0) is 18.9 Å². The van der Waals surface area contributed by atoms with Crippen molar-refractivity contribution in [2.24, 2.45) is 0 Å². The standard InChI is InChI=1S/C15H15N3O2/c1-9-6-7-12(13(19)8-9)16-15(20)14-10-4-2-3-5-11(10)17-18-14/h2-5,12H,1,6-8H2,(H,16,20)(H,17,18). The molecule has 1 amide bonds. The highest BCUT2D eigenvalue weighted by Gasteiger charge is 2.27. The lowest BCUT2D eigenvalue weighted by atomic mass is 9.90. The predicted molar refractivity (Wildman–Crippen MR) is 75.3 cm³/mol. The fraction of sp³-hybridized carbons (Fsp3) is 0.267. The number of fused-ring (bicyclic) bond motifs is 1. The number of ketones is 1. The Kier molecular flexibility index (Phi) is 3.10. The molecule has 3 rings (SSSR count). The van der Waals surface area contributed by atoms with Crippen molar-refractivity contribution in [3.63, 3.8) is 0 Å². The first-order chi connectivity index (χ1) is 9.65. The lowest BCUT2D eigenvalue weighted by Crippen LogP contribution is -2.43. The van der Waals surface area contributed by atoms with Gasteiger partial charge in [-0.25, -0.2) is 0 Å². The Balaban J connectivity index is 1.80. The SMILES string of the molecule is C=C1CCC(NC(=O)c2n[nH]c3ccccc23)C(=O)C1. The number of rotatable bonds is 2. The van der Waals surface area contributed by atoms with Crippen LogP contribution < -0.4 is 5.32 Å². The zero-order chi connectivity index (χ0) is 14.1. The quantitative estimate of drug-likeness (QED) is 0.818. The molecule has 102 valence electrons. The first-order valence-corrected chi connectivity index (χ1v) is 6.58. The average Bonchev–Trinajstić information content (AvgIpc) is 2.86. The van der Waals surface area contributed by atoms with Crippen LogP contribution in [0.1, 0.15) is 29.8 Å². The van der Waals surface area contributed by atoms with Gasteiger partial charge in [0.15, 0.2) is 11.5 Å². The van der Waals surface area contributed by atoms with Crippen molar-refractivity contribution < 1.29 is 9.59 Å². The van der Waals surface area contributed by atoms with Crippen LogP contribution in [0.15, 0.2) is 36.4 Å². The lowest BCUT2D eigenvalue weighted by molar-refractivity contribution is -0.121. The number of hydrogen-bond donors (Lipinski definition) is 2. The van der Waals surface area contributed by atoms with E-state index >= 15 is 0 Å². The topological polar surface area (TPSA) is 74.8 Å².